The molecule has 5 heteroatoms. The van der Waals surface area contributed by atoms with Crippen molar-refractivity contribution in [3.63, 3.8) is 0 Å². The van der Waals surface area contributed by atoms with Crippen molar-refractivity contribution in [2.45, 2.75) is 110 Å². The second-order valence-electron chi connectivity index (χ2n) is 9.80. The van der Waals surface area contributed by atoms with Crippen molar-refractivity contribution in [3.8, 4) is 11.5 Å². The minimum absolute atomic E-state index is 0.170. The largest absolute Gasteiger partial charge is 0.476 e. The van der Waals surface area contributed by atoms with Gasteiger partial charge in [0.2, 0.25) is 5.13 Å². The van der Waals surface area contributed by atoms with Crippen LogP contribution in [0.25, 0.3) is 0 Å². The highest BCUT2D eigenvalue weighted by Gasteiger charge is 2.41. The number of hydrogen-bond acceptors (Lipinski definition) is 4. The molecule has 2 aliphatic rings. The number of fused-ring (bicyclic) bond motifs is 1. The Labute approximate surface area is 182 Å². The fraction of sp³-hybridized carbons (Fsp3) is 0.750. The lowest BCUT2D eigenvalue weighted by Crippen LogP contribution is -2.43. The topological polar surface area (TPSA) is 34.5 Å². The van der Waals surface area contributed by atoms with Gasteiger partial charge in [-0.25, -0.2) is 4.98 Å². The molecule has 2 heterocycles. The summed E-state index contributed by atoms with van der Waals surface area (Å²) in [5, 5.41) is 0.885. The molecule has 0 spiro atoms. The average Bonchev–Trinajstić information content (AvgIpc) is 3.20. The third-order valence-electron chi connectivity index (χ3n) is 6.87. The Morgan fingerprint density at radius 1 is 1.10 bits per heavy atom. The minimum atomic E-state index is -1.66. The van der Waals surface area contributed by atoms with Crippen molar-refractivity contribution in [2.24, 2.45) is 10.9 Å². The van der Waals surface area contributed by atoms with Gasteiger partial charge in [0.25, 0.3) is 0 Å². The predicted octanol–water partition coefficient (Wildman–Crippen LogP) is 7.09. The Hall–Kier alpha value is -1.12. The molecule has 0 bridgehead atoms. The SMILES string of the molecule is CC1CC(CC#C[Si](C(C)C)(C(C)C)C(C)C)OC1=Nc1nc2c(s1)CCCC2. The Morgan fingerprint density at radius 2 is 1.76 bits per heavy atom. The van der Waals surface area contributed by atoms with E-state index in [4.69, 9.17) is 14.7 Å². The van der Waals surface area contributed by atoms with Crippen LogP contribution >= 0.6 is 11.3 Å². The number of nitrogens with zero attached hydrogens (tertiary/aromatic N) is 2. The quantitative estimate of drug-likeness (QED) is 0.369. The van der Waals surface area contributed by atoms with Crippen LogP contribution in [0.1, 0.15) is 84.7 Å². The molecule has 160 valence electrons. The van der Waals surface area contributed by atoms with E-state index in [1.807, 2.05) is 0 Å². The number of hydrogen-bond donors (Lipinski definition) is 0. The van der Waals surface area contributed by atoms with Crippen molar-refractivity contribution in [1.29, 1.82) is 0 Å². The third-order valence-corrected chi connectivity index (χ3v) is 14.3. The molecular weight excluding hydrogens is 392 g/mol. The summed E-state index contributed by atoms with van der Waals surface area (Å²) in [7, 11) is -1.66. The Bertz CT molecular complexity index is 754. The highest BCUT2D eigenvalue weighted by atomic mass is 32.1. The molecule has 1 aliphatic carbocycles. The molecule has 3 nitrogen and oxygen atoms in total. The van der Waals surface area contributed by atoms with E-state index >= 15 is 0 Å². The summed E-state index contributed by atoms with van der Waals surface area (Å²) in [4.78, 5) is 11.0. The van der Waals surface area contributed by atoms with Crippen molar-refractivity contribution in [2.75, 3.05) is 0 Å². The summed E-state index contributed by atoms with van der Waals surface area (Å²) >= 11 is 1.76. The fourth-order valence-corrected chi connectivity index (χ4v) is 11.6. The standard InChI is InChI=1S/C24H38N2OSSi/c1-16(2)29(17(3)4,18(5)6)14-10-11-20-15-19(7)23(27-20)26-24-25-21-12-8-9-13-22(21)28-24/h16-20H,8-9,11-13,15H2,1-7H3. The van der Waals surface area contributed by atoms with E-state index in [9.17, 15) is 0 Å². The normalized spacial score (nSPS) is 23.4. The van der Waals surface area contributed by atoms with Crippen molar-refractivity contribution >= 4 is 30.4 Å². The first-order valence-electron chi connectivity index (χ1n) is 11.5. The van der Waals surface area contributed by atoms with Gasteiger partial charge in [-0.2, -0.15) is 4.99 Å². The molecule has 29 heavy (non-hydrogen) atoms. The summed E-state index contributed by atoms with van der Waals surface area (Å²) in [6, 6.07) is 0. The van der Waals surface area contributed by atoms with Crippen LogP contribution in [0.5, 0.6) is 0 Å². The van der Waals surface area contributed by atoms with Gasteiger partial charge < -0.3 is 4.74 Å². The molecule has 0 radical (unpaired) electrons. The molecule has 2 unspecified atom stereocenters. The molecule has 1 fully saturated rings. The summed E-state index contributed by atoms with van der Waals surface area (Å²) < 4.78 is 6.24. The van der Waals surface area contributed by atoms with Crippen LogP contribution in [0.4, 0.5) is 5.13 Å². The molecule has 0 N–H and O–H groups in total. The van der Waals surface area contributed by atoms with Gasteiger partial charge in [-0.1, -0.05) is 59.8 Å². The summed E-state index contributed by atoms with van der Waals surface area (Å²) in [6.45, 7) is 16.4. The van der Waals surface area contributed by atoms with E-state index in [1.165, 1.54) is 29.8 Å². The molecule has 2 atom stereocenters. The maximum absolute atomic E-state index is 6.24. The Balaban J connectivity index is 1.69. The van der Waals surface area contributed by atoms with E-state index in [0.717, 1.165) is 30.3 Å². The highest BCUT2D eigenvalue weighted by molar-refractivity contribution is 7.15. The first-order chi connectivity index (χ1) is 13.7. The maximum Gasteiger partial charge on any atom is 0.212 e. The highest BCUT2D eigenvalue weighted by Crippen LogP contribution is 2.41. The van der Waals surface area contributed by atoms with Crippen molar-refractivity contribution in [3.05, 3.63) is 10.6 Å². The van der Waals surface area contributed by atoms with Gasteiger partial charge in [0.15, 0.2) is 5.90 Å². The van der Waals surface area contributed by atoms with Gasteiger partial charge in [0, 0.05) is 17.2 Å². The maximum atomic E-state index is 6.24. The first-order valence-corrected chi connectivity index (χ1v) is 14.5. The van der Waals surface area contributed by atoms with Crippen LogP contribution in [-0.2, 0) is 17.6 Å². The van der Waals surface area contributed by atoms with Crippen LogP contribution in [-0.4, -0.2) is 25.1 Å². The zero-order chi connectivity index (χ0) is 21.2. The van der Waals surface area contributed by atoms with Crippen LogP contribution in [0.2, 0.25) is 16.6 Å². The molecule has 1 saturated heterocycles. The van der Waals surface area contributed by atoms with Crippen LogP contribution < -0.4 is 0 Å². The summed E-state index contributed by atoms with van der Waals surface area (Å²) in [6.07, 6.45) is 6.82. The fourth-order valence-electron chi connectivity index (χ4n) is 5.32. The van der Waals surface area contributed by atoms with E-state index in [2.05, 4.69) is 59.9 Å². The molecule has 0 aromatic carbocycles. The Kier molecular flexibility index (Phi) is 7.27. The van der Waals surface area contributed by atoms with Crippen LogP contribution in [0.15, 0.2) is 4.99 Å². The summed E-state index contributed by atoms with van der Waals surface area (Å²) in [5.41, 5.74) is 7.12. The van der Waals surface area contributed by atoms with Crippen molar-refractivity contribution in [1.82, 2.24) is 4.98 Å². The minimum Gasteiger partial charge on any atom is -0.476 e. The van der Waals surface area contributed by atoms with Crippen LogP contribution in [0.3, 0.4) is 0 Å². The molecular formula is C24H38N2OSSi. The second kappa shape index (κ2) is 9.35. The lowest BCUT2D eigenvalue weighted by atomic mass is 10.0. The number of thiazole rings is 1. The number of rotatable bonds is 5. The number of aryl methyl sites for hydroxylation is 2. The second-order valence-corrected chi connectivity index (χ2v) is 16.4. The van der Waals surface area contributed by atoms with E-state index in [1.54, 1.807) is 11.3 Å². The molecule has 0 amide bonds. The van der Waals surface area contributed by atoms with Crippen molar-refractivity contribution < 1.29 is 4.74 Å². The number of aliphatic imine (C=N–C) groups is 1. The van der Waals surface area contributed by atoms with Gasteiger partial charge in [0.1, 0.15) is 14.2 Å². The zero-order valence-electron chi connectivity index (χ0n) is 19.3. The van der Waals surface area contributed by atoms with Gasteiger partial charge in [-0.15, -0.1) is 11.5 Å². The van der Waals surface area contributed by atoms with Gasteiger partial charge in [0.05, 0.1) is 5.69 Å². The van der Waals surface area contributed by atoms with E-state index < -0.39 is 8.07 Å². The summed E-state index contributed by atoms with van der Waals surface area (Å²) in [5.74, 6) is 4.79. The van der Waals surface area contributed by atoms with E-state index in [0.29, 0.717) is 22.5 Å². The molecule has 1 aromatic rings. The Morgan fingerprint density at radius 3 is 2.38 bits per heavy atom. The van der Waals surface area contributed by atoms with E-state index in [-0.39, 0.29) is 6.10 Å². The smallest absolute Gasteiger partial charge is 0.212 e. The number of aromatic nitrogens is 1. The number of ether oxygens (including phenoxy) is 1. The van der Waals surface area contributed by atoms with Gasteiger partial charge in [-0.05, 0) is 48.7 Å². The lowest BCUT2D eigenvalue weighted by Gasteiger charge is -2.38. The molecule has 0 saturated carbocycles. The first kappa shape index (κ1) is 22.6. The monoisotopic (exact) mass is 430 g/mol. The molecule has 1 aromatic heterocycles. The predicted molar refractivity (Wildman–Crippen MR) is 128 cm³/mol. The van der Waals surface area contributed by atoms with Crippen LogP contribution in [0, 0.1) is 17.4 Å². The van der Waals surface area contributed by atoms with Gasteiger partial charge >= 0.3 is 0 Å². The zero-order valence-corrected chi connectivity index (χ0v) is 21.2. The van der Waals surface area contributed by atoms with Gasteiger partial charge in [-0.3, -0.25) is 0 Å². The third kappa shape index (κ3) is 4.80. The molecule has 1 aliphatic heterocycles. The lowest BCUT2D eigenvalue weighted by molar-refractivity contribution is 0.224. The molecule has 3 rings (SSSR count). The average molecular weight is 431 g/mol.